The molecule has 2 aromatic heterocycles. The molecule has 1 saturated heterocycles. The highest BCUT2D eigenvalue weighted by atomic mass is 35.5. The maximum Gasteiger partial charge on any atom is 0.265 e. The van der Waals surface area contributed by atoms with Gasteiger partial charge in [0.2, 0.25) is 5.91 Å². The summed E-state index contributed by atoms with van der Waals surface area (Å²) in [6.45, 7) is 2.39. The van der Waals surface area contributed by atoms with E-state index in [0.717, 1.165) is 22.2 Å². The van der Waals surface area contributed by atoms with Crippen LogP contribution in [-0.4, -0.2) is 29.3 Å². The second kappa shape index (κ2) is 5.59. The van der Waals surface area contributed by atoms with Crippen LogP contribution in [0.5, 0.6) is 0 Å². The molecule has 2 N–H and O–H groups in total. The van der Waals surface area contributed by atoms with Crippen LogP contribution < -0.4 is 5.73 Å². The van der Waals surface area contributed by atoms with Gasteiger partial charge >= 0.3 is 0 Å². The van der Waals surface area contributed by atoms with E-state index in [0.29, 0.717) is 16.4 Å². The maximum absolute atomic E-state index is 12.8. The van der Waals surface area contributed by atoms with Crippen molar-refractivity contribution in [2.75, 3.05) is 6.54 Å². The number of primary amides is 1. The third-order valence-corrected chi connectivity index (χ3v) is 6.74. The molecule has 0 saturated carbocycles. The van der Waals surface area contributed by atoms with E-state index in [1.807, 2.05) is 18.4 Å². The molecule has 0 unspecified atom stereocenters. The van der Waals surface area contributed by atoms with Gasteiger partial charge in [-0.25, -0.2) is 0 Å². The summed E-state index contributed by atoms with van der Waals surface area (Å²) in [7, 11) is 0. The summed E-state index contributed by atoms with van der Waals surface area (Å²) in [5.74, 6) is -0.685. The van der Waals surface area contributed by atoms with Gasteiger partial charge in [0.15, 0.2) is 0 Å². The number of piperidine rings is 1. The lowest BCUT2D eigenvalue weighted by molar-refractivity contribution is -0.123. The summed E-state index contributed by atoms with van der Waals surface area (Å²) < 4.78 is 1.06. The van der Waals surface area contributed by atoms with Crippen LogP contribution in [0, 0.1) is 5.92 Å². The first-order valence-corrected chi connectivity index (χ1v) is 8.82. The minimum Gasteiger partial charge on any atom is -0.369 e. The van der Waals surface area contributed by atoms with Gasteiger partial charge in [-0.1, -0.05) is 11.6 Å². The number of fused-ring (bicyclic) bond motifs is 1. The van der Waals surface area contributed by atoms with Gasteiger partial charge in [0.05, 0.1) is 15.0 Å². The Balaban J connectivity index is 1.90. The zero-order valence-corrected chi connectivity index (χ0v) is 13.9. The Morgan fingerprint density at radius 3 is 2.86 bits per heavy atom. The molecule has 1 fully saturated rings. The highest BCUT2D eigenvalue weighted by molar-refractivity contribution is 7.38. The summed E-state index contributed by atoms with van der Waals surface area (Å²) in [5, 5.41) is 3.43. The molecule has 0 aromatic carbocycles. The van der Waals surface area contributed by atoms with Gasteiger partial charge in [-0.2, -0.15) is 0 Å². The molecular weight excluding hydrogens is 328 g/mol. The van der Waals surface area contributed by atoms with Gasteiger partial charge in [0, 0.05) is 18.0 Å². The van der Waals surface area contributed by atoms with Gasteiger partial charge in [-0.15, -0.1) is 22.7 Å². The van der Waals surface area contributed by atoms with Crippen LogP contribution in [0.1, 0.15) is 29.4 Å². The second-order valence-electron chi connectivity index (χ2n) is 5.35. The van der Waals surface area contributed by atoms with Crippen molar-refractivity contribution < 1.29 is 9.59 Å². The van der Waals surface area contributed by atoms with Crippen molar-refractivity contribution in [3.63, 3.8) is 0 Å². The van der Waals surface area contributed by atoms with Crippen molar-refractivity contribution in [1.82, 2.24) is 4.90 Å². The molecule has 1 aliphatic heterocycles. The van der Waals surface area contributed by atoms with Crippen LogP contribution in [-0.2, 0) is 4.79 Å². The van der Waals surface area contributed by atoms with Crippen molar-refractivity contribution in [2.24, 2.45) is 11.7 Å². The first-order valence-electron chi connectivity index (χ1n) is 6.74. The molecule has 3 rings (SSSR count). The Labute approximate surface area is 135 Å². The average molecular weight is 343 g/mol. The number of carbonyl (C=O) groups excluding carboxylic acids is 2. The smallest absolute Gasteiger partial charge is 0.265 e. The molecule has 2 amide bonds. The lowest BCUT2D eigenvalue weighted by Gasteiger charge is -2.36. The van der Waals surface area contributed by atoms with Crippen LogP contribution in [0.15, 0.2) is 11.4 Å². The Bertz CT molecular complexity index is 709. The summed E-state index contributed by atoms with van der Waals surface area (Å²) in [6, 6.07) is 2.03. The lowest BCUT2D eigenvalue weighted by atomic mass is 9.93. The van der Waals surface area contributed by atoms with Crippen molar-refractivity contribution in [1.29, 1.82) is 0 Å². The molecule has 7 heteroatoms. The van der Waals surface area contributed by atoms with Gasteiger partial charge < -0.3 is 10.6 Å². The minimum absolute atomic E-state index is 0.0909. The number of hydrogen-bond acceptors (Lipinski definition) is 4. The van der Waals surface area contributed by atoms with Gasteiger partial charge in [-0.05, 0) is 31.2 Å². The zero-order chi connectivity index (χ0) is 15.1. The summed E-state index contributed by atoms with van der Waals surface area (Å²) >= 11 is 9.34. The number of nitrogens with two attached hydrogens (primary N) is 1. The minimum atomic E-state index is -0.335. The quantitative estimate of drug-likeness (QED) is 0.909. The second-order valence-corrected chi connectivity index (χ2v) is 7.92. The van der Waals surface area contributed by atoms with E-state index in [4.69, 9.17) is 17.3 Å². The van der Waals surface area contributed by atoms with Crippen molar-refractivity contribution in [3.8, 4) is 0 Å². The number of hydrogen-bond donors (Lipinski definition) is 1. The van der Waals surface area contributed by atoms with E-state index in [1.165, 1.54) is 11.3 Å². The third kappa shape index (κ3) is 2.56. The van der Waals surface area contributed by atoms with E-state index in [-0.39, 0.29) is 23.8 Å². The molecule has 112 valence electrons. The molecule has 0 aliphatic carbocycles. The predicted octanol–water partition coefficient (Wildman–Crippen LogP) is 3.34. The number of rotatable bonds is 2. The summed E-state index contributed by atoms with van der Waals surface area (Å²) in [5.41, 5.74) is 5.39. The third-order valence-electron chi connectivity index (χ3n) is 4.00. The normalized spacial score (nSPS) is 22.7. The van der Waals surface area contributed by atoms with Crippen molar-refractivity contribution >= 4 is 55.5 Å². The summed E-state index contributed by atoms with van der Waals surface area (Å²) in [4.78, 5) is 26.5. The highest BCUT2D eigenvalue weighted by Crippen LogP contribution is 2.40. The maximum atomic E-state index is 12.8. The van der Waals surface area contributed by atoms with Crippen molar-refractivity contribution in [3.05, 3.63) is 21.3 Å². The average Bonchev–Trinajstić information content (AvgIpc) is 3.02. The van der Waals surface area contributed by atoms with Crippen LogP contribution in [0.3, 0.4) is 0 Å². The molecule has 0 spiro atoms. The fourth-order valence-electron chi connectivity index (χ4n) is 2.69. The first-order chi connectivity index (χ1) is 9.99. The summed E-state index contributed by atoms with van der Waals surface area (Å²) in [6.07, 6.45) is 1.53. The van der Waals surface area contributed by atoms with Crippen LogP contribution in [0.4, 0.5) is 0 Å². The molecule has 1 aliphatic rings. The van der Waals surface area contributed by atoms with Gasteiger partial charge in [-0.3, -0.25) is 9.59 Å². The number of amides is 2. The van der Waals surface area contributed by atoms with Gasteiger partial charge in [0.1, 0.15) is 4.88 Å². The Kier molecular flexibility index (Phi) is 3.94. The monoisotopic (exact) mass is 342 g/mol. The Morgan fingerprint density at radius 2 is 2.19 bits per heavy atom. The molecule has 2 atom stereocenters. The molecule has 4 nitrogen and oxygen atoms in total. The van der Waals surface area contributed by atoms with Crippen LogP contribution >= 0.6 is 34.3 Å². The molecule has 2 aromatic rings. The number of halogens is 1. The van der Waals surface area contributed by atoms with E-state index >= 15 is 0 Å². The number of carbonyl (C=O) groups is 2. The number of nitrogens with zero attached hydrogens (tertiary/aromatic N) is 1. The molecule has 0 bridgehead atoms. The number of thiophene rings is 2. The topological polar surface area (TPSA) is 63.4 Å². The molecule has 0 radical (unpaired) electrons. The SMILES string of the molecule is C[C@@H]1CC[C@@H](C(N)=O)CN1C(=O)c1sc2sccc2c1Cl. The van der Waals surface area contributed by atoms with E-state index in [2.05, 4.69) is 0 Å². The lowest BCUT2D eigenvalue weighted by Crippen LogP contribution is -2.48. The van der Waals surface area contributed by atoms with E-state index in [9.17, 15) is 9.59 Å². The standard InChI is InChI=1S/C14H15ClN2O2S2/c1-7-2-3-8(12(16)18)6-17(7)13(19)11-10(15)9-4-5-20-14(9)21-11/h4-5,7-8H,2-3,6H2,1H3,(H2,16,18)/t7-,8-/m1/s1. The fraction of sp³-hybridized carbons (Fsp3) is 0.429. The van der Waals surface area contributed by atoms with Crippen molar-refractivity contribution in [2.45, 2.75) is 25.8 Å². The fourth-order valence-corrected chi connectivity index (χ4v) is 5.26. The Morgan fingerprint density at radius 1 is 1.43 bits per heavy atom. The Hall–Kier alpha value is -1.11. The van der Waals surface area contributed by atoms with Crippen LogP contribution in [0.25, 0.3) is 9.40 Å². The molecule has 3 heterocycles. The zero-order valence-electron chi connectivity index (χ0n) is 11.5. The molecule has 21 heavy (non-hydrogen) atoms. The predicted molar refractivity (Wildman–Crippen MR) is 87.1 cm³/mol. The van der Waals surface area contributed by atoms with E-state index < -0.39 is 0 Å². The van der Waals surface area contributed by atoms with E-state index in [1.54, 1.807) is 16.2 Å². The first kappa shape index (κ1) is 14.8. The van der Waals surface area contributed by atoms with Crippen LogP contribution in [0.2, 0.25) is 5.02 Å². The van der Waals surface area contributed by atoms with Gasteiger partial charge in [0.25, 0.3) is 5.91 Å². The number of likely N-dealkylation sites (tertiary alicyclic amines) is 1. The molecular formula is C14H15ClN2O2S2. The highest BCUT2D eigenvalue weighted by Gasteiger charge is 2.33. The largest absolute Gasteiger partial charge is 0.369 e.